The van der Waals surface area contributed by atoms with Crippen LogP contribution in [-0.4, -0.2) is 20.7 Å². The number of aromatic amines is 2. The average molecular weight is 337 g/mol. The van der Waals surface area contributed by atoms with Gasteiger partial charge in [-0.2, -0.15) is 0 Å². The molecule has 1 aromatic carbocycles. The Bertz CT molecular complexity index is 1150. The maximum Gasteiger partial charge on any atom is 0.326 e. The first-order valence-corrected chi connectivity index (χ1v) is 7.96. The molecule has 2 aromatic heterocycles. The smallest absolute Gasteiger partial charge is 0.305 e. The lowest BCUT2D eigenvalue weighted by atomic mass is 9.89. The lowest BCUT2D eigenvalue weighted by molar-refractivity contribution is 0.101. The summed E-state index contributed by atoms with van der Waals surface area (Å²) >= 11 is 0. The Morgan fingerprint density at radius 1 is 0.960 bits per heavy atom. The summed E-state index contributed by atoms with van der Waals surface area (Å²) in [6, 6.07) is 3.78. The number of aromatic nitrogens is 3. The van der Waals surface area contributed by atoms with Crippen LogP contribution in [0.25, 0.3) is 22.3 Å². The van der Waals surface area contributed by atoms with E-state index < -0.39 is 11.2 Å². The molecule has 0 spiro atoms. The van der Waals surface area contributed by atoms with E-state index in [9.17, 15) is 14.4 Å². The van der Waals surface area contributed by atoms with Gasteiger partial charge in [-0.15, -0.1) is 0 Å². The zero-order valence-corrected chi connectivity index (χ0v) is 14.8. The van der Waals surface area contributed by atoms with Crippen LogP contribution < -0.4 is 11.2 Å². The summed E-state index contributed by atoms with van der Waals surface area (Å²) in [6.45, 7) is 9.12. The fourth-order valence-corrected chi connectivity index (χ4v) is 3.55. The molecule has 6 heteroatoms. The monoisotopic (exact) mass is 337 g/mol. The molecule has 0 amide bonds. The summed E-state index contributed by atoms with van der Waals surface area (Å²) in [6.07, 6.45) is 0. The van der Waals surface area contributed by atoms with Gasteiger partial charge in [0.1, 0.15) is 0 Å². The molecule has 0 bridgehead atoms. The third-order valence-corrected chi connectivity index (χ3v) is 4.48. The fraction of sp³-hybridized carbons (Fsp3) is 0.263. The number of rotatable bonds is 2. The first-order chi connectivity index (χ1) is 11.7. The van der Waals surface area contributed by atoms with Crippen LogP contribution >= 0.6 is 0 Å². The normalized spacial score (nSPS) is 11.1. The highest BCUT2D eigenvalue weighted by Crippen LogP contribution is 2.32. The van der Waals surface area contributed by atoms with Crippen LogP contribution in [0, 0.1) is 27.7 Å². The van der Waals surface area contributed by atoms with Gasteiger partial charge in [-0.25, -0.2) is 9.78 Å². The number of aryl methyl sites for hydroxylation is 3. The molecule has 3 aromatic rings. The fourth-order valence-electron chi connectivity index (χ4n) is 3.55. The minimum Gasteiger partial charge on any atom is -0.305 e. The predicted molar refractivity (Wildman–Crippen MR) is 97.4 cm³/mol. The van der Waals surface area contributed by atoms with E-state index in [0.29, 0.717) is 16.8 Å². The first-order valence-electron chi connectivity index (χ1n) is 7.96. The molecule has 0 aliphatic carbocycles. The molecule has 0 unspecified atom stereocenters. The predicted octanol–water partition coefficient (Wildman–Crippen LogP) is 2.71. The summed E-state index contributed by atoms with van der Waals surface area (Å²) in [7, 11) is 0. The van der Waals surface area contributed by atoms with Gasteiger partial charge in [0.15, 0.2) is 11.3 Å². The molecule has 0 saturated heterocycles. The number of benzene rings is 1. The molecule has 0 aliphatic rings. The molecule has 2 N–H and O–H groups in total. The molecular formula is C19H19N3O3. The van der Waals surface area contributed by atoms with Crippen LogP contribution in [0.1, 0.15) is 39.5 Å². The number of nitrogens with one attached hydrogen (secondary N) is 2. The van der Waals surface area contributed by atoms with Gasteiger partial charge in [-0.3, -0.25) is 14.6 Å². The number of nitrogens with zero attached hydrogens (tertiary/aromatic N) is 1. The molecule has 0 aliphatic heterocycles. The van der Waals surface area contributed by atoms with Gasteiger partial charge in [-0.1, -0.05) is 6.07 Å². The topological polar surface area (TPSA) is 95.7 Å². The second-order valence-electron chi connectivity index (χ2n) is 6.40. The highest BCUT2D eigenvalue weighted by molar-refractivity contribution is 5.99. The molecule has 6 nitrogen and oxygen atoms in total. The van der Waals surface area contributed by atoms with Gasteiger partial charge < -0.3 is 4.98 Å². The third kappa shape index (κ3) is 2.69. The molecule has 0 radical (unpaired) electrons. The summed E-state index contributed by atoms with van der Waals surface area (Å²) in [5.41, 5.74) is 5.13. The van der Waals surface area contributed by atoms with Crippen molar-refractivity contribution in [1.82, 2.24) is 15.0 Å². The molecule has 128 valence electrons. The Morgan fingerprint density at radius 3 is 2.28 bits per heavy atom. The number of fused-ring (bicyclic) bond motifs is 1. The summed E-state index contributed by atoms with van der Waals surface area (Å²) in [5, 5.41) is 0. The van der Waals surface area contributed by atoms with Crippen LogP contribution in [0.5, 0.6) is 0 Å². The lowest BCUT2D eigenvalue weighted by Gasteiger charge is -2.16. The van der Waals surface area contributed by atoms with Crippen molar-refractivity contribution in [3.8, 4) is 11.3 Å². The maximum atomic E-state index is 12.1. The van der Waals surface area contributed by atoms with Crippen LogP contribution in [0.3, 0.4) is 0 Å². The Morgan fingerprint density at radius 2 is 1.64 bits per heavy atom. The van der Waals surface area contributed by atoms with Gasteiger partial charge in [0.05, 0.1) is 11.2 Å². The van der Waals surface area contributed by atoms with Crippen molar-refractivity contribution in [2.75, 3.05) is 0 Å². The number of Topliss-reactive ketones (excluding diaryl/α,β-unsaturated/α-hetero) is 1. The number of carbonyl (C=O) groups excluding carboxylic acids is 1. The molecule has 3 rings (SSSR count). The van der Waals surface area contributed by atoms with E-state index in [0.717, 1.165) is 27.8 Å². The van der Waals surface area contributed by atoms with Gasteiger partial charge in [0.2, 0.25) is 0 Å². The zero-order valence-electron chi connectivity index (χ0n) is 14.8. The standard InChI is InChI=1S/C19H19N3O3/c1-8-6-9(2)15(11(4)14(8)12(5)23)13-7-10(3)16-17(20-13)18(24)22-19(25)21-16/h6-7H,1-5H3,(H2,21,22,24,25). The van der Waals surface area contributed by atoms with Crippen molar-refractivity contribution in [3.63, 3.8) is 0 Å². The highest BCUT2D eigenvalue weighted by Gasteiger charge is 2.18. The largest absolute Gasteiger partial charge is 0.326 e. The van der Waals surface area contributed by atoms with E-state index in [-0.39, 0.29) is 11.3 Å². The zero-order chi connectivity index (χ0) is 18.5. The van der Waals surface area contributed by atoms with Gasteiger partial charge >= 0.3 is 5.69 Å². The van der Waals surface area contributed by atoms with Crippen LogP contribution in [0.4, 0.5) is 0 Å². The number of carbonyl (C=O) groups is 1. The van der Waals surface area contributed by atoms with Crippen molar-refractivity contribution >= 4 is 16.8 Å². The Balaban J connectivity index is 2.42. The quantitative estimate of drug-likeness (QED) is 0.703. The summed E-state index contributed by atoms with van der Waals surface area (Å²) in [4.78, 5) is 45.0. The van der Waals surface area contributed by atoms with Crippen molar-refractivity contribution in [2.24, 2.45) is 0 Å². The van der Waals surface area contributed by atoms with E-state index in [4.69, 9.17) is 0 Å². The maximum absolute atomic E-state index is 12.1. The third-order valence-electron chi connectivity index (χ3n) is 4.48. The summed E-state index contributed by atoms with van der Waals surface area (Å²) in [5.74, 6) is -0.00376. The highest BCUT2D eigenvalue weighted by atomic mass is 16.2. The second kappa shape index (κ2) is 5.81. The Labute approximate surface area is 144 Å². The average Bonchev–Trinajstić information content (AvgIpc) is 2.47. The van der Waals surface area contributed by atoms with Gasteiger partial charge in [0, 0.05) is 11.1 Å². The SMILES string of the molecule is CC(=O)c1c(C)cc(C)c(-c2cc(C)c3[nH]c(=O)[nH]c(=O)c3n2)c1C. The van der Waals surface area contributed by atoms with E-state index in [1.165, 1.54) is 0 Å². The van der Waals surface area contributed by atoms with Gasteiger partial charge in [-0.05, 0) is 62.9 Å². The second-order valence-corrected chi connectivity index (χ2v) is 6.40. The van der Waals surface area contributed by atoms with Crippen LogP contribution in [0.15, 0.2) is 21.7 Å². The first kappa shape index (κ1) is 16.8. The Kier molecular flexibility index (Phi) is 3.91. The molecule has 25 heavy (non-hydrogen) atoms. The number of hydrogen-bond donors (Lipinski definition) is 2. The van der Waals surface area contributed by atoms with Crippen molar-refractivity contribution in [3.05, 3.63) is 60.8 Å². The summed E-state index contributed by atoms with van der Waals surface area (Å²) < 4.78 is 0. The number of hydrogen-bond acceptors (Lipinski definition) is 4. The molecule has 0 fully saturated rings. The lowest BCUT2D eigenvalue weighted by Crippen LogP contribution is -2.23. The molecule has 0 saturated carbocycles. The van der Waals surface area contributed by atoms with E-state index >= 15 is 0 Å². The van der Waals surface area contributed by atoms with Gasteiger partial charge in [0.25, 0.3) is 5.56 Å². The van der Waals surface area contributed by atoms with Crippen molar-refractivity contribution in [1.29, 1.82) is 0 Å². The van der Waals surface area contributed by atoms with Crippen LogP contribution in [0.2, 0.25) is 0 Å². The number of pyridine rings is 1. The van der Waals surface area contributed by atoms with E-state index in [2.05, 4.69) is 15.0 Å². The molecule has 0 atom stereocenters. The number of ketones is 1. The van der Waals surface area contributed by atoms with Crippen LogP contribution in [-0.2, 0) is 0 Å². The van der Waals surface area contributed by atoms with E-state index in [1.54, 1.807) is 6.92 Å². The molecule has 2 heterocycles. The number of H-pyrrole nitrogens is 2. The minimum absolute atomic E-state index is 0.00376. The van der Waals surface area contributed by atoms with Crippen molar-refractivity contribution < 1.29 is 4.79 Å². The molecular weight excluding hydrogens is 318 g/mol. The van der Waals surface area contributed by atoms with E-state index in [1.807, 2.05) is 39.8 Å². The van der Waals surface area contributed by atoms with Crippen molar-refractivity contribution in [2.45, 2.75) is 34.6 Å². The Hall–Kier alpha value is -3.02. The minimum atomic E-state index is -0.559.